The lowest BCUT2D eigenvalue weighted by molar-refractivity contribution is -0.128. The van der Waals surface area contributed by atoms with E-state index in [-0.39, 0.29) is 17.7 Å². The SMILES string of the molecule is CC(=O)NC1(NC(C)=O)C[C@H](C)N(C)C[C@H]1C. The summed E-state index contributed by atoms with van der Waals surface area (Å²) in [6, 6.07) is 0.324. The van der Waals surface area contributed by atoms with E-state index in [0.717, 1.165) is 13.0 Å². The Morgan fingerprint density at radius 3 is 2.06 bits per heavy atom. The van der Waals surface area contributed by atoms with Gasteiger partial charge >= 0.3 is 0 Å². The normalized spacial score (nSPS) is 28.5. The first kappa shape index (κ1) is 14.0. The summed E-state index contributed by atoms with van der Waals surface area (Å²) in [5.74, 6) is -0.0405. The highest BCUT2D eigenvalue weighted by atomic mass is 16.2. The van der Waals surface area contributed by atoms with Gasteiger partial charge in [0.2, 0.25) is 11.8 Å². The number of rotatable bonds is 2. The second kappa shape index (κ2) is 5.04. The standard InChI is InChI=1S/C12H23N3O2/c1-8-7-15(5)9(2)6-12(8,13-10(3)16)14-11(4)17/h8-9H,6-7H2,1-5H3,(H,13,16)(H,14,17)/t8-,9+/m1/s1. The highest BCUT2D eigenvalue weighted by Gasteiger charge is 2.43. The van der Waals surface area contributed by atoms with E-state index in [2.05, 4.69) is 29.5 Å². The molecule has 5 nitrogen and oxygen atoms in total. The second-order valence-corrected chi connectivity index (χ2v) is 5.23. The number of likely N-dealkylation sites (tertiary alicyclic amines) is 1. The number of amides is 2. The predicted octanol–water partition coefficient (Wildman–Crippen LogP) is 0.315. The van der Waals surface area contributed by atoms with Gasteiger partial charge in [0.05, 0.1) is 0 Å². The zero-order valence-corrected chi connectivity index (χ0v) is 11.3. The molecule has 5 heteroatoms. The van der Waals surface area contributed by atoms with E-state index in [1.807, 2.05) is 6.92 Å². The lowest BCUT2D eigenvalue weighted by Gasteiger charge is -2.49. The van der Waals surface area contributed by atoms with E-state index < -0.39 is 5.66 Å². The van der Waals surface area contributed by atoms with Crippen molar-refractivity contribution in [1.82, 2.24) is 15.5 Å². The first-order chi connectivity index (χ1) is 7.77. The summed E-state index contributed by atoms with van der Waals surface area (Å²) in [5, 5.41) is 5.86. The number of nitrogens with zero attached hydrogens (tertiary/aromatic N) is 1. The Labute approximate surface area is 103 Å². The zero-order valence-electron chi connectivity index (χ0n) is 11.3. The van der Waals surface area contributed by atoms with Crippen molar-refractivity contribution < 1.29 is 9.59 Å². The molecule has 98 valence electrons. The van der Waals surface area contributed by atoms with Crippen LogP contribution in [0.2, 0.25) is 0 Å². The van der Waals surface area contributed by atoms with Crippen LogP contribution >= 0.6 is 0 Å². The molecule has 1 saturated heterocycles. The van der Waals surface area contributed by atoms with Crippen molar-refractivity contribution in [2.45, 2.75) is 45.8 Å². The minimum Gasteiger partial charge on any atom is -0.333 e. The van der Waals surface area contributed by atoms with Gasteiger partial charge in [0, 0.05) is 38.8 Å². The van der Waals surface area contributed by atoms with Crippen molar-refractivity contribution in [2.75, 3.05) is 13.6 Å². The molecule has 0 bridgehead atoms. The van der Waals surface area contributed by atoms with E-state index >= 15 is 0 Å². The van der Waals surface area contributed by atoms with Gasteiger partial charge < -0.3 is 15.5 Å². The topological polar surface area (TPSA) is 61.4 Å². The van der Waals surface area contributed by atoms with Crippen molar-refractivity contribution in [1.29, 1.82) is 0 Å². The number of nitrogens with one attached hydrogen (secondary N) is 2. The molecule has 2 amide bonds. The molecular weight excluding hydrogens is 218 g/mol. The van der Waals surface area contributed by atoms with Crippen molar-refractivity contribution in [3.8, 4) is 0 Å². The van der Waals surface area contributed by atoms with E-state index in [0.29, 0.717) is 6.04 Å². The van der Waals surface area contributed by atoms with Crippen LogP contribution in [0.25, 0.3) is 0 Å². The minimum atomic E-state index is -0.608. The van der Waals surface area contributed by atoms with Crippen LogP contribution < -0.4 is 10.6 Å². The lowest BCUT2D eigenvalue weighted by atomic mass is 9.82. The maximum Gasteiger partial charge on any atom is 0.218 e. The first-order valence-corrected chi connectivity index (χ1v) is 6.04. The van der Waals surface area contributed by atoms with Crippen LogP contribution in [0.1, 0.15) is 34.1 Å². The Morgan fingerprint density at radius 2 is 1.65 bits per heavy atom. The summed E-state index contributed by atoms with van der Waals surface area (Å²) in [7, 11) is 2.06. The Bertz CT molecular complexity index is 301. The Kier molecular flexibility index (Phi) is 4.14. The molecule has 1 aliphatic rings. The monoisotopic (exact) mass is 241 g/mol. The molecule has 0 saturated carbocycles. The van der Waals surface area contributed by atoms with Gasteiger partial charge in [-0.15, -0.1) is 0 Å². The van der Waals surface area contributed by atoms with E-state index in [9.17, 15) is 9.59 Å². The van der Waals surface area contributed by atoms with Gasteiger partial charge in [-0.05, 0) is 14.0 Å². The fourth-order valence-electron chi connectivity index (χ4n) is 2.60. The minimum absolute atomic E-state index is 0.109. The molecule has 2 atom stereocenters. The van der Waals surface area contributed by atoms with Crippen molar-refractivity contribution in [3.63, 3.8) is 0 Å². The van der Waals surface area contributed by atoms with Gasteiger partial charge in [0.15, 0.2) is 0 Å². The van der Waals surface area contributed by atoms with Crippen LogP contribution in [0.3, 0.4) is 0 Å². The number of carbonyl (C=O) groups is 2. The summed E-state index contributed by atoms with van der Waals surface area (Å²) in [6.07, 6.45) is 0.726. The Hall–Kier alpha value is -1.10. The fourth-order valence-corrected chi connectivity index (χ4v) is 2.60. The Morgan fingerprint density at radius 1 is 1.18 bits per heavy atom. The van der Waals surface area contributed by atoms with Crippen LogP contribution in [0.5, 0.6) is 0 Å². The molecule has 2 N–H and O–H groups in total. The van der Waals surface area contributed by atoms with Crippen LogP contribution in [0, 0.1) is 5.92 Å². The molecule has 1 aliphatic heterocycles. The summed E-state index contributed by atoms with van der Waals surface area (Å²) in [6.45, 7) is 7.97. The summed E-state index contributed by atoms with van der Waals surface area (Å²) >= 11 is 0. The summed E-state index contributed by atoms with van der Waals surface area (Å²) < 4.78 is 0. The maximum absolute atomic E-state index is 11.4. The van der Waals surface area contributed by atoms with Gasteiger partial charge in [-0.25, -0.2) is 0 Å². The molecular formula is C12H23N3O2. The Balaban J connectivity index is 2.95. The average Bonchev–Trinajstić information content (AvgIpc) is 2.12. The van der Waals surface area contributed by atoms with E-state index in [4.69, 9.17) is 0 Å². The van der Waals surface area contributed by atoms with Crippen LogP contribution in [0.4, 0.5) is 0 Å². The summed E-state index contributed by atoms with van der Waals surface area (Å²) in [5.41, 5.74) is -0.608. The first-order valence-electron chi connectivity index (χ1n) is 6.04. The third-order valence-electron chi connectivity index (χ3n) is 3.57. The van der Waals surface area contributed by atoms with Crippen molar-refractivity contribution in [2.24, 2.45) is 5.92 Å². The summed E-state index contributed by atoms with van der Waals surface area (Å²) in [4.78, 5) is 25.0. The maximum atomic E-state index is 11.4. The van der Waals surface area contributed by atoms with Gasteiger partial charge in [0.25, 0.3) is 0 Å². The van der Waals surface area contributed by atoms with Crippen molar-refractivity contribution in [3.05, 3.63) is 0 Å². The van der Waals surface area contributed by atoms with Gasteiger partial charge in [-0.1, -0.05) is 6.92 Å². The number of piperidine rings is 1. The van der Waals surface area contributed by atoms with Gasteiger partial charge in [-0.3, -0.25) is 9.59 Å². The van der Waals surface area contributed by atoms with E-state index in [1.165, 1.54) is 13.8 Å². The van der Waals surface area contributed by atoms with E-state index in [1.54, 1.807) is 0 Å². The molecule has 1 fully saturated rings. The molecule has 1 rings (SSSR count). The fraction of sp³-hybridized carbons (Fsp3) is 0.833. The van der Waals surface area contributed by atoms with Gasteiger partial charge in [-0.2, -0.15) is 0 Å². The molecule has 0 spiro atoms. The highest BCUT2D eigenvalue weighted by Crippen LogP contribution is 2.28. The van der Waals surface area contributed by atoms with Crippen LogP contribution in [-0.4, -0.2) is 42.0 Å². The predicted molar refractivity (Wildman–Crippen MR) is 66.2 cm³/mol. The lowest BCUT2D eigenvalue weighted by Crippen LogP contribution is -2.69. The smallest absolute Gasteiger partial charge is 0.218 e. The zero-order chi connectivity index (χ0) is 13.2. The third kappa shape index (κ3) is 3.19. The van der Waals surface area contributed by atoms with Crippen LogP contribution in [-0.2, 0) is 9.59 Å². The molecule has 1 heterocycles. The quantitative estimate of drug-likeness (QED) is 0.684. The molecule has 0 aliphatic carbocycles. The molecule has 0 aromatic rings. The second-order valence-electron chi connectivity index (χ2n) is 5.23. The highest BCUT2D eigenvalue weighted by molar-refractivity contribution is 5.77. The van der Waals surface area contributed by atoms with Gasteiger partial charge in [0.1, 0.15) is 5.66 Å². The number of hydrogen-bond acceptors (Lipinski definition) is 3. The van der Waals surface area contributed by atoms with Crippen molar-refractivity contribution >= 4 is 11.8 Å². The number of hydrogen-bond donors (Lipinski definition) is 2. The molecule has 0 radical (unpaired) electrons. The number of carbonyl (C=O) groups excluding carboxylic acids is 2. The third-order valence-corrected chi connectivity index (χ3v) is 3.57. The van der Waals surface area contributed by atoms with Crippen LogP contribution in [0.15, 0.2) is 0 Å². The average molecular weight is 241 g/mol. The largest absolute Gasteiger partial charge is 0.333 e. The molecule has 0 aromatic carbocycles. The molecule has 17 heavy (non-hydrogen) atoms. The molecule has 0 unspecified atom stereocenters. The molecule has 0 aromatic heterocycles.